The van der Waals surface area contributed by atoms with E-state index in [1.807, 2.05) is 0 Å². The quantitative estimate of drug-likeness (QED) is 0.162. The monoisotopic (exact) mass is 227 g/mol. The summed E-state index contributed by atoms with van der Waals surface area (Å²) in [6.07, 6.45) is -1.48. The molecule has 0 aromatic rings. The fourth-order valence-electron chi connectivity index (χ4n) is 0.633. The van der Waals surface area contributed by atoms with E-state index in [9.17, 15) is 4.57 Å². The highest BCUT2D eigenvalue weighted by Gasteiger charge is 2.13. The molecule has 0 unspecified atom stereocenters. The molecule has 0 aromatic carbocycles. The van der Waals surface area contributed by atoms with Crippen LogP contribution in [0.15, 0.2) is 4.76 Å². The summed E-state index contributed by atoms with van der Waals surface area (Å²) in [4.78, 5) is 18.1. The molecule has 0 saturated heterocycles. The molecule has 0 spiro atoms. The fraction of sp³-hybridized carbons (Fsp3) is 0.800. The van der Waals surface area contributed by atoms with Crippen molar-refractivity contribution in [2.75, 3.05) is 13.6 Å². The van der Waals surface area contributed by atoms with Crippen molar-refractivity contribution in [3.8, 4) is 0 Å². The first kappa shape index (κ1) is 13.3. The number of rotatable bonds is 4. The minimum atomic E-state index is -4.53. The van der Waals surface area contributed by atoms with Gasteiger partial charge in [0.1, 0.15) is 0 Å². The molecule has 0 aliphatic heterocycles. The van der Waals surface area contributed by atoms with E-state index in [-0.39, 0.29) is 18.9 Å². The van der Waals surface area contributed by atoms with Gasteiger partial charge in [-0.1, -0.05) is 0 Å². The number of hydrogen-bond acceptors (Lipinski definition) is 3. The number of aliphatic hydroxyl groups is 2. The predicted octanol–water partition coefficient (Wildman–Crippen LogP) is -1.97. The van der Waals surface area contributed by atoms with E-state index in [2.05, 4.69) is 4.76 Å². The Bertz CT molecular complexity index is 250. The topological polar surface area (TPSA) is 140 Å². The minimum absolute atomic E-state index is 0.00782. The lowest BCUT2D eigenvalue weighted by molar-refractivity contribution is -0.0470. The molecule has 0 rings (SSSR count). The second-order valence-electron chi connectivity index (χ2n) is 2.66. The molecule has 0 saturated carbocycles. The largest absolute Gasteiger partial charge is 0.451 e. The maximum absolute atomic E-state index is 10.4. The molecule has 9 heteroatoms. The molecule has 0 aliphatic rings. The van der Waals surface area contributed by atoms with Crippen LogP contribution in [-0.4, -0.2) is 50.7 Å². The Morgan fingerprint density at radius 3 is 2.43 bits per heavy atom. The van der Waals surface area contributed by atoms with E-state index in [4.69, 9.17) is 25.7 Å². The summed E-state index contributed by atoms with van der Waals surface area (Å²) < 4.78 is 13.3. The van der Waals surface area contributed by atoms with Gasteiger partial charge in [-0.3, -0.25) is 0 Å². The first-order valence-electron chi connectivity index (χ1n) is 3.71. The van der Waals surface area contributed by atoms with Crippen molar-refractivity contribution in [2.24, 2.45) is 10.5 Å². The molecule has 6 N–H and O–H groups in total. The molecule has 0 bridgehead atoms. The molecule has 0 heterocycles. The average molecular weight is 227 g/mol. The Labute approximate surface area is 80.9 Å². The Hall–Kier alpha value is -0.660. The molecule has 0 fully saturated rings. The smallest absolute Gasteiger partial charge is 0.369 e. The zero-order valence-electron chi connectivity index (χ0n) is 7.61. The predicted molar refractivity (Wildman–Crippen MR) is 49.1 cm³/mol. The van der Waals surface area contributed by atoms with Gasteiger partial charge < -0.3 is 30.6 Å². The third-order valence-electron chi connectivity index (χ3n) is 1.35. The highest BCUT2D eigenvalue weighted by Crippen LogP contribution is 2.35. The van der Waals surface area contributed by atoms with Crippen LogP contribution in [0.5, 0.6) is 0 Å². The minimum Gasteiger partial charge on any atom is -0.369 e. The van der Waals surface area contributed by atoms with Gasteiger partial charge in [-0.05, 0) is 0 Å². The van der Waals surface area contributed by atoms with E-state index in [1.165, 1.54) is 11.9 Å². The second-order valence-corrected chi connectivity index (χ2v) is 3.89. The number of aliphatic hydroxyl groups excluding tert-OH is 1. The number of guanidine groups is 1. The van der Waals surface area contributed by atoms with Gasteiger partial charge in [0.2, 0.25) is 5.96 Å². The van der Waals surface area contributed by atoms with Gasteiger partial charge >= 0.3 is 7.75 Å². The third kappa shape index (κ3) is 6.81. The van der Waals surface area contributed by atoms with Crippen molar-refractivity contribution in [1.29, 1.82) is 0 Å². The van der Waals surface area contributed by atoms with Crippen LogP contribution in [0.1, 0.15) is 6.42 Å². The van der Waals surface area contributed by atoms with Gasteiger partial charge in [-0.25, -0.2) is 4.57 Å². The van der Waals surface area contributed by atoms with E-state index in [0.717, 1.165) is 0 Å². The van der Waals surface area contributed by atoms with Crippen LogP contribution in [0.3, 0.4) is 0 Å². The number of nitrogens with zero attached hydrogens (tertiary/aromatic N) is 2. The molecule has 0 radical (unpaired) electrons. The van der Waals surface area contributed by atoms with Crippen LogP contribution < -0.4 is 5.73 Å². The van der Waals surface area contributed by atoms with Gasteiger partial charge in [0.25, 0.3) is 0 Å². The zero-order valence-corrected chi connectivity index (χ0v) is 8.50. The summed E-state index contributed by atoms with van der Waals surface area (Å²) in [5.41, 5.74) is 5.21. The van der Waals surface area contributed by atoms with Crippen molar-refractivity contribution in [1.82, 2.24) is 4.90 Å². The summed E-state index contributed by atoms with van der Waals surface area (Å²) in [5.74, 6) is -0.348. The fourth-order valence-corrected chi connectivity index (χ4v) is 1.05. The number of nitrogens with two attached hydrogens (primary N) is 1. The van der Waals surface area contributed by atoms with E-state index in [1.54, 1.807) is 0 Å². The average Bonchev–Trinajstić information content (AvgIpc) is 1.96. The molecule has 14 heavy (non-hydrogen) atoms. The van der Waals surface area contributed by atoms with Crippen LogP contribution in [0, 0.1) is 0 Å². The highest BCUT2D eigenvalue weighted by atomic mass is 31.2. The van der Waals surface area contributed by atoms with Crippen molar-refractivity contribution >= 4 is 13.7 Å². The SMILES string of the molecule is CN(CCC(O)O)C(N)=NP(=O)(O)O. The molecular formula is C5H14N3O5P. The summed E-state index contributed by atoms with van der Waals surface area (Å²) in [5, 5.41) is 17.0. The van der Waals surface area contributed by atoms with Gasteiger partial charge in [-0.2, -0.15) is 0 Å². The van der Waals surface area contributed by atoms with Gasteiger partial charge in [0.05, 0.1) is 0 Å². The number of hydrogen-bond donors (Lipinski definition) is 5. The van der Waals surface area contributed by atoms with Gasteiger partial charge in [0, 0.05) is 20.0 Å². The molecule has 8 nitrogen and oxygen atoms in total. The van der Waals surface area contributed by atoms with Crippen LogP contribution in [0.25, 0.3) is 0 Å². The molecule has 0 amide bonds. The third-order valence-corrected chi connectivity index (χ3v) is 1.81. The van der Waals surface area contributed by atoms with Crippen molar-refractivity contribution in [3.05, 3.63) is 0 Å². The molecule has 84 valence electrons. The Balaban J connectivity index is 4.19. The van der Waals surface area contributed by atoms with Crippen LogP contribution >= 0.6 is 7.75 Å². The van der Waals surface area contributed by atoms with E-state index in [0.29, 0.717) is 0 Å². The second kappa shape index (κ2) is 5.28. The summed E-state index contributed by atoms with van der Waals surface area (Å²) in [6, 6.07) is 0. The Morgan fingerprint density at radius 1 is 1.57 bits per heavy atom. The zero-order chi connectivity index (χ0) is 11.4. The van der Waals surface area contributed by atoms with Crippen LogP contribution in [0.4, 0.5) is 0 Å². The van der Waals surface area contributed by atoms with Gasteiger partial charge in [0.15, 0.2) is 6.29 Å². The van der Waals surface area contributed by atoms with Crippen molar-refractivity contribution in [3.63, 3.8) is 0 Å². The lowest BCUT2D eigenvalue weighted by Gasteiger charge is -2.18. The lowest BCUT2D eigenvalue weighted by atomic mass is 10.4. The Morgan fingerprint density at radius 2 is 2.07 bits per heavy atom. The normalized spacial score (nSPS) is 13.4. The van der Waals surface area contributed by atoms with E-state index < -0.39 is 14.0 Å². The van der Waals surface area contributed by atoms with Crippen molar-refractivity contribution in [2.45, 2.75) is 12.7 Å². The maximum Gasteiger partial charge on any atom is 0.451 e. The standard InChI is InChI=1S/C5H14N3O5P/c1-8(3-2-4(9)10)5(6)7-14(11,12)13/h4,9-10H,2-3H2,1H3,(H4,6,7,11,12,13). The van der Waals surface area contributed by atoms with Gasteiger partial charge in [-0.15, -0.1) is 4.76 Å². The maximum atomic E-state index is 10.4. The Kier molecular flexibility index (Phi) is 5.03. The van der Waals surface area contributed by atoms with Crippen molar-refractivity contribution < 1.29 is 24.6 Å². The van der Waals surface area contributed by atoms with Crippen LogP contribution in [0.2, 0.25) is 0 Å². The first-order valence-corrected chi connectivity index (χ1v) is 5.27. The molecule has 0 atom stereocenters. The summed E-state index contributed by atoms with van der Waals surface area (Å²) in [6.45, 7) is 0.132. The highest BCUT2D eigenvalue weighted by molar-refractivity contribution is 7.50. The first-order chi connectivity index (χ1) is 6.22. The lowest BCUT2D eigenvalue weighted by Crippen LogP contribution is -2.35. The van der Waals surface area contributed by atoms with E-state index >= 15 is 0 Å². The molecule has 0 aliphatic carbocycles. The van der Waals surface area contributed by atoms with Crippen LogP contribution in [-0.2, 0) is 4.57 Å². The summed E-state index contributed by atoms with van der Waals surface area (Å²) >= 11 is 0. The summed E-state index contributed by atoms with van der Waals surface area (Å²) in [7, 11) is -3.10. The molecule has 0 aromatic heterocycles. The molecular weight excluding hydrogens is 213 g/mol.